The number of rotatable bonds is 10. The molecule has 9 heteroatoms. The summed E-state index contributed by atoms with van der Waals surface area (Å²) in [6.07, 6.45) is -0.772. The number of hydrogen-bond acceptors (Lipinski definition) is 4. The van der Waals surface area contributed by atoms with Gasteiger partial charge < -0.3 is 15.0 Å². The molecule has 0 aliphatic carbocycles. The molecule has 40 heavy (non-hydrogen) atoms. The third kappa shape index (κ3) is 9.17. The molecule has 1 heterocycles. The predicted molar refractivity (Wildman–Crippen MR) is 151 cm³/mol. The number of nitrogens with one attached hydrogen (secondary N) is 1. The van der Waals surface area contributed by atoms with Crippen LogP contribution in [0.15, 0.2) is 65.3 Å². The van der Waals surface area contributed by atoms with Gasteiger partial charge in [0.25, 0.3) is 5.91 Å². The Morgan fingerprint density at radius 1 is 1.00 bits per heavy atom. The lowest BCUT2D eigenvalue weighted by molar-refractivity contribution is -0.132. The van der Waals surface area contributed by atoms with Gasteiger partial charge in [0, 0.05) is 48.8 Å². The van der Waals surface area contributed by atoms with E-state index in [1.807, 2.05) is 11.8 Å². The van der Waals surface area contributed by atoms with E-state index in [4.69, 9.17) is 0 Å². The topological polar surface area (TPSA) is 78.8 Å². The maximum absolute atomic E-state index is 13.2. The van der Waals surface area contributed by atoms with Gasteiger partial charge in [0.1, 0.15) is 11.5 Å². The van der Waals surface area contributed by atoms with Crippen molar-refractivity contribution >= 4 is 29.0 Å². The van der Waals surface area contributed by atoms with Crippen LogP contribution in [0, 0.1) is 5.92 Å². The number of allylic oxidation sites excluding steroid dienone is 1. The SMILES string of the molecule is C/C=C(\N=C(C)C1CCN(C(=O)CCCC(C)=O)CC1)C(=O)Nc1ccccc1-c1ccc(CC(F)(F)F)cc1. The van der Waals surface area contributed by atoms with Crippen LogP contribution in [0.2, 0.25) is 0 Å². The fraction of sp³-hybridized carbons (Fsp3) is 0.419. The van der Waals surface area contributed by atoms with Crippen molar-refractivity contribution in [3.8, 4) is 11.1 Å². The third-order valence-electron chi connectivity index (χ3n) is 7.01. The number of nitrogens with zero attached hydrogens (tertiary/aromatic N) is 2. The number of amides is 2. The summed E-state index contributed by atoms with van der Waals surface area (Å²) < 4.78 is 38.1. The van der Waals surface area contributed by atoms with Gasteiger partial charge in [-0.15, -0.1) is 0 Å². The number of halogens is 3. The smallest absolute Gasteiger partial charge is 0.343 e. The Morgan fingerprint density at radius 3 is 2.25 bits per heavy atom. The predicted octanol–water partition coefficient (Wildman–Crippen LogP) is 6.76. The molecular weight excluding hydrogens is 519 g/mol. The summed E-state index contributed by atoms with van der Waals surface area (Å²) in [5, 5.41) is 2.90. The average molecular weight is 556 g/mol. The lowest BCUT2D eigenvalue weighted by Gasteiger charge is -2.32. The zero-order valence-corrected chi connectivity index (χ0v) is 23.2. The van der Waals surface area contributed by atoms with Crippen molar-refractivity contribution in [3.63, 3.8) is 0 Å². The summed E-state index contributed by atoms with van der Waals surface area (Å²) in [5.74, 6) is -0.0896. The quantitative estimate of drug-likeness (QED) is 0.260. The largest absolute Gasteiger partial charge is 0.393 e. The van der Waals surface area contributed by atoms with Crippen LogP contribution in [0.4, 0.5) is 18.9 Å². The van der Waals surface area contributed by atoms with Crippen LogP contribution in [-0.2, 0) is 20.8 Å². The Hall–Kier alpha value is -3.75. The summed E-state index contributed by atoms with van der Waals surface area (Å²) in [7, 11) is 0. The Morgan fingerprint density at radius 2 is 1.65 bits per heavy atom. The highest BCUT2D eigenvalue weighted by Crippen LogP contribution is 2.30. The van der Waals surface area contributed by atoms with Gasteiger partial charge in [-0.2, -0.15) is 13.2 Å². The minimum absolute atomic E-state index is 0.0662. The number of anilines is 1. The Balaban J connectivity index is 1.63. The van der Waals surface area contributed by atoms with E-state index < -0.39 is 12.6 Å². The Kier molecular flexibility index (Phi) is 10.8. The lowest BCUT2D eigenvalue weighted by atomic mass is 9.92. The standard InChI is InChI=1S/C31H36F3N3O3/c1-4-27(35-22(3)24-16-18-37(19-17-24)29(39)11-7-8-21(2)38)30(40)36-28-10-6-5-9-26(28)25-14-12-23(13-15-25)20-31(32,33)34/h4-6,9-10,12-15,24H,7-8,11,16-20H2,1-3H3,(H,36,40)/b27-4-,35-22?. The Labute approximate surface area is 233 Å². The first-order valence-electron chi connectivity index (χ1n) is 13.5. The molecule has 3 rings (SSSR count). The van der Waals surface area contributed by atoms with Gasteiger partial charge in [0.05, 0.1) is 6.42 Å². The number of carbonyl (C=O) groups is 3. The molecule has 0 atom stereocenters. The van der Waals surface area contributed by atoms with E-state index in [9.17, 15) is 27.6 Å². The fourth-order valence-electron chi connectivity index (χ4n) is 4.78. The van der Waals surface area contributed by atoms with E-state index in [1.54, 1.807) is 49.4 Å². The van der Waals surface area contributed by atoms with E-state index >= 15 is 0 Å². The molecule has 6 nitrogen and oxygen atoms in total. The molecule has 0 unspecified atom stereocenters. The molecule has 0 bridgehead atoms. The van der Waals surface area contributed by atoms with Crippen LogP contribution in [0.25, 0.3) is 11.1 Å². The second-order valence-corrected chi connectivity index (χ2v) is 10.1. The first-order chi connectivity index (χ1) is 19.0. The van der Waals surface area contributed by atoms with E-state index in [2.05, 4.69) is 10.3 Å². The zero-order valence-electron chi connectivity index (χ0n) is 23.2. The van der Waals surface area contributed by atoms with Crippen molar-refractivity contribution in [1.29, 1.82) is 0 Å². The Bertz CT molecular complexity index is 1260. The molecule has 1 fully saturated rings. The van der Waals surface area contributed by atoms with E-state index in [1.165, 1.54) is 19.1 Å². The number of aliphatic imine (C=N–C) groups is 1. The normalized spacial score (nSPS) is 15.2. The molecule has 1 aliphatic rings. The number of Topliss-reactive ketones (excluding diaryl/α,β-unsaturated/α-hetero) is 1. The van der Waals surface area contributed by atoms with Crippen molar-refractivity contribution < 1.29 is 27.6 Å². The molecular formula is C31H36F3N3O3. The number of benzene rings is 2. The second-order valence-electron chi connectivity index (χ2n) is 10.1. The minimum atomic E-state index is -4.28. The zero-order chi connectivity index (χ0) is 29.3. The van der Waals surface area contributed by atoms with E-state index in [0.29, 0.717) is 49.2 Å². The molecule has 0 radical (unpaired) electrons. The van der Waals surface area contributed by atoms with Crippen LogP contribution in [0.5, 0.6) is 0 Å². The molecule has 2 aromatic carbocycles. The van der Waals surface area contributed by atoms with Crippen molar-refractivity contribution in [3.05, 3.63) is 65.9 Å². The highest BCUT2D eigenvalue weighted by atomic mass is 19.4. The first kappa shape index (κ1) is 30.8. The minimum Gasteiger partial charge on any atom is -0.343 e. The lowest BCUT2D eigenvalue weighted by Crippen LogP contribution is -2.40. The molecule has 2 amide bonds. The van der Waals surface area contributed by atoms with Crippen LogP contribution in [0.1, 0.15) is 58.4 Å². The maximum Gasteiger partial charge on any atom is 0.393 e. The van der Waals surface area contributed by atoms with E-state index in [-0.39, 0.29) is 34.8 Å². The van der Waals surface area contributed by atoms with Crippen LogP contribution < -0.4 is 5.32 Å². The summed E-state index contributed by atoms with van der Waals surface area (Å²) in [6.45, 7) is 6.38. The second kappa shape index (κ2) is 14.1. The number of para-hydroxylation sites is 1. The van der Waals surface area contributed by atoms with Crippen LogP contribution >= 0.6 is 0 Å². The molecule has 1 saturated heterocycles. The molecule has 1 aliphatic heterocycles. The molecule has 214 valence electrons. The monoisotopic (exact) mass is 555 g/mol. The summed E-state index contributed by atoms with van der Waals surface area (Å²) in [5.41, 5.74) is 3.15. The number of hydrogen-bond donors (Lipinski definition) is 1. The van der Waals surface area contributed by atoms with Gasteiger partial charge >= 0.3 is 6.18 Å². The molecule has 0 aromatic heterocycles. The summed E-state index contributed by atoms with van der Waals surface area (Å²) >= 11 is 0. The van der Waals surface area contributed by atoms with Crippen molar-refractivity contribution in [1.82, 2.24) is 4.90 Å². The molecule has 0 saturated carbocycles. The van der Waals surface area contributed by atoms with Gasteiger partial charge in [-0.25, -0.2) is 0 Å². The van der Waals surface area contributed by atoms with Crippen LogP contribution in [0.3, 0.4) is 0 Å². The fourth-order valence-corrected chi connectivity index (χ4v) is 4.78. The number of alkyl halides is 3. The highest BCUT2D eigenvalue weighted by molar-refractivity contribution is 6.07. The van der Waals surface area contributed by atoms with Gasteiger partial charge in [-0.1, -0.05) is 48.5 Å². The van der Waals surface area contributed by atoms with Crippen molar-refractivity contribution in [2.24, 2.45) is 10.9 Å². The van der Waals surface area contributed by atoms with Gasteiger partial charge in [0.2, 0.25) is 5.91 Å². The first-order valence-corrected chi connectivity index (χ1v) is 13.5. The average Bonchev–Trinajstić information content (AvgIpc) is 2.91. The number of carbonyl (C=O) groups excluding carboxylic acids is 3. The van der Waals surface area contributed by atoms with Gasteiger partial charge in [-0.3, -0.25) is 14.6 Å². The van der Waals surface area contributed by atoms with Gasteiger partial charge in [-0.05, 0) is 57.2 Å². The highest BCUT2D eigenvalue weighted by Gasteiger charge is 2.27. The molecule has 2 aromatic rings. The van der Waals surface area contributed by atoms with Crippen LogP contribution in [-0.4, -0.2) is 47.5 Å². The van der Waals surface area contributed by atoms with E-state index in [0.717, 1.165) is 18.6 Å². The third-order valence-corrected chi connectivity index (χ3v) is 7.01. The maximum atomic E-state index is 13.2. The summed E-state index contributed by atoms with van der Waals surface area (Å²) in [6, 6.07) is 13.2. The molecule has 0 spiro atoms. The van der Waals surface area contributed by atoms with Gasteiger partial charge in [0.15, 0.2) is 0 Å². The number of piperidine rings is 1. The number of ketones is 1. The van der Waals surface area contributed by atoms with Crippen molar-refractivity contribution in [2.75, 3.05) is 18.4 Å². The van der Waals surface area contributed by atoms with Crippen molar-refractivity contribution in [2.45, 2.75) is 65.5 Å². The number of likely N-dealkylation sites (tertiary alicyclic amines) is 1. The summed E-state index contributed by atoms with van der Waals surface area (Å²) in [4.78, 5) is 43.1. The molecule has 1 N–H and O–H groups in total.